The molecule has 1 saturated heterocycles. The van der Waals surface area contributed by atoms with Crippen LogP contribution in [-0.2, 0) is 6.42 Å². The molecule has 0 radical (unpaired) electrons. The van der Waals surface area contributed by atoms with Gasteiger partial charge in [-0.15, -0.1) is 0 Å². The lowest BCUT2D eigenvalue weighted by atomic mass is 9.92. The first-order valence-electron chi connectivity index (χ1n) is 8.18. The molecule has 1 aliphatic heterocycles. The molecule has 2 N–H and O–H groups in total. The lowest BCUT2D eigenvalue weighted by Crippen LogP contribution is -2.37. The highest BCUT2D eigenvalue weighted by atomic mass is 16.3. The van der Waals surface area contributed by atoms with Crippen molar-refractivity contribution in [1.82, 2.24) is 9.97 Å². The third-order valence-corrected chi connectivity index (χ3v) is 4.18. The quantitative estimate of drug-likeness (QED) is 0.843. The molecule has 1 unspecified atom stereocenters. The SMILES string of the molecule is CCCNc1cc(N2CCC(C(C)O)CC2)nc(CC)n1. The molecule has 21 heavy (non-hydrogen) atoms. The van der Waals surface area contributed by atoms with Gasteiger partial charge >= 0.3 is 0 Å². The molecule has 5 nitrogen and oxygen atoms in total. The van der Waals surface area contributed by atoms with Crippen molar-refractivity contribution in [3.63, 3.8) is 0 Å². The van der Waals surface area contributed by atoms with E-state index in [1.807, 2.05) is 6.92 Å². The number of hydrogen-bond donors (Lipinski definition) is 2. The Morgan fingerprint density at radius 2 is 2.05 bits per heavy atom. The largest absolute Gasteiger partial charge is 0.393 e. The zero-order valence-electron chi connectivity index (χ0n) is 13.5. The normalized spacial score (nSPS) is 17.8. The molecule has 1 atom stereocenters. The number of aliphatic hydroxyl groups is 1. The summed E-state index contributed by atoms with van der Waals surface area (Å²) in [6.45, 7) is 8.99. The number of aryl methyl sites for hydroxylation is 1. The van der Waals surface area contributed by atoms with Crippen molar-refractivity contribution in [2.75, 3.05) is 29.9 Å². The number of anilines is 2. The maximum atomic E-state index is 9.70. The van der Waals surface area contributed by atoms with E-state index in [0.717, 1.165) is 62.8 Å². The number of aromatic nitrogens is 2. The van der Waals surface area contributed by atoms with Crippen molar-refractivity contribution in [3.8, 4) is 0 Å². The number of nitrogens with one attached hydrogen (secondary N) is 1. The van der Waals surface area contributed by atoms with Crippen molar-refractivity contribution in [3.05, 3.63) is 11.9 Å². The van der Waals surface area contributed by atoms with Crippen molar-refractivity contribution >= 4 is 11.6 Å². The minimum absolute atomic E-state index is 0.203. The minimum Gasteiger partial charge on any atom is -0.393 e. The minimum atomic E-state index is -0.203. The first kappa shape index (κ1) is 16.0. The fourth-order valence-corrected chi connectivity index (χ4v) is 2.76. The molecule has 0 spiro atoms. The summed E-state index contributed by atoms with van der Waals surface area (Å²) in [6, 6.07) is 2.05. The van der Waals surface area contributed by atoms with Crippen LogP contribution in [0, 0.1) is 5.92 Å². The van der Waals surface area contributed by atoms with Crippen LogP contribution < -0.4 is 10.2 Å². The average Bonchev–Trinajstić information content (AvgIpc) is 2.52. The Bertz CT molecular complexity index is 442. The average molecular weight is 292 g/mol. The van der Waals surface area contributed by atoms with Crippen LogP contribution in [-0.4, -0.2) is 40.8 Å². The van der Waals surface area contributed by atoms with Crippen molar-refractivity contribution in [2.45, 2.75) is 52.6 Å². The van der Waals surface area contributed by atoms with E-state index in [1.54, 1.807) is 0 Å². The first-order chi connectivity index (χ1) is 10.1. The van der Waals surface area contributed by atoms with E-state index in [9.17, 15) is 5.11 Å². The summed E-state index contributed by atoms with van der Waals surface area (Å²) in [6.07, 6.45) is 3.78. The van der Waals surface area contributed by atoms with Crippen LogP contribution in [0.2, 0.25) is 0 Å². The fraction of sp³-hybridized carbons (Fsp3) is 0.750. The summed E-state index contributed by atoms with van der Waals surface area (Å²) in [5.74, 6) is 3.26. The summed E-state index contributed by atoms with van der Waals surface area (Å²) in [4.78, 5) is 11.5. The molecule has 1 fully saturated rings. The van der Waals surface area contributed by atoms with E-state index in [4.69, 9.17) is 0 Å². The second kappa shape index (κ2) is 7.59. The summed E-state index contributed by atoms with van der Waals surface area (Å²) in [5, 5.41) is 13.1. The molecule has 2 heterocycles. The van der Waals surface area contributed by atoms with E-state index >= 15 is 0 Å². The van der Waals surface area contributed by atoms with Gasteiger partial charge in [-0.2, -0.15) is 0 Å². The zero-order chi connectivity index (χ0) is 15.2. The van der Waals surface area contributed by atoms with E-state index in [0.29, 0.717) is 5.92 Å². The topological polar surface area (TPSA) is 61.3 Å². The van der Waals surface area contributed by atoms with Crippen molar-refractivity contribution in [1.29, 1.82) is 0 Å². The fourth-order valence-electron chi connectivity index (χ4n) is 2.76. The summed E-state index contributed by atoms with van der Waals surface area (Å²) >= 11 is 0. The van der Waals surface area contributed by atoms with Crippen LogP contribution >= 0.6 is 0 Å². The van der Waals surface area contributed by atoms with Crippen LogP contribution in [0.3, 0.4) is 0 Å². The Hall–Kier alpha value is -1.36. The number of aliphatic hydroxyl groups excluding tert-OH is 1. The van der Waals surface area contributed by atoms with Gasteiger partial charge in [0.15, 0.2) is 0 Å². The third kappa shape index (κ3) is 4.30. The first-order valence-corrected chi connectivity index (χ1v) is 8.18. The Labute approximate surface area is 127 Å². The van der Waals surface area contributed by atoms with Gasteiger partial charge in [0.25, 0.3) is 0 Å². The number of hydrogen-bond acceptors (Lipinski definition) is 5. The molecule has 0 aliphatic carbocycles. The van der Waals surface area contributed by atoms with Crippen LogP contribution in [0.4, 0.5) is 11.6 Å². The molecule has 0 aromatic carbocycles. The molecule has 1 aromatic rings. The highest BCUT2D eigenvalue weighted by Crippen LogP contribution is 2.25. The Morgan fingerprint density at radius 1 is 1.33 bits per heavy atom. The van der Waals surface area contributed by atoms with Gasteiger partial charge in [0.1, 0.15) is 17.5 Å². The predicted octanol–water partition coefficient (Wildman–Crippen LogP) is 2.46. The van der Waals surface area contributed by atoms with Gasteiger partial charge in [-0.25, -0.2) is 9.97 Å². The smallest absolute Gasteiger partial charge is 0.134 e. The van der Waals surface area contributed by atoms with Crippen LogP contribution in [0.25, 0.3) is 0 Å². The van der Waals surface area contributed by atoms with E-state index in [1.165, 1.54) is 0 Å². The Balaban J connectivity index is 2.08. The molecule has 2 rings (SSSR count). The third-order valence-electron chi connectivity index (χ3n) is 4.18. The van der Waals surface area contributed by atoms with Gasteiger partial charge in [-0.3, -0.25) is 0 Å². The Morgan fingerprint density at radius 3 is 2.62 bits per heavy atom. The van der Waals surface area contributed by atoms with Gasteiger partial charge in [-0.05, 0) is 32.1 Å². The van der Waals surface area contributed by atoms with Crippen molar-refractivity contribution in [2.24, 2.45) is 5.92 Å². The van der Waals surface area contributed by atoms with Crippen molar-refractivity contribution < 1.29 is 5.11 Å². The maximum absolute atomic E-state index is 9.70. The standard InChI is InChI=1S/C16H28N4O/c1-4-8-17-15-11-16(19-14(5-2)18-15)20-9-6-13(7-10-20)12(3)21/h11-13,21H,4-10H2,1-3H3,(H,17,18,19). The lowest BCUT2D eigenvalue weighted by molar-refractivity contribution is 0.110. The number of rotatable bonds is 6. The van der Waals surface area contributed by atoms with Crippen LogP contribution in [0.5, 0.6) is 0 Å². The molecular formula is C16H28N4O. The van der Waals surface area contributed by atoms with E-state index in [2.05, 4.69) is 40.1 Å². The van der Waals surface area contributed by atoms with E-state index in [-0.39, 0.29) is 6.10 Å². The zero-order valence-corrected chi connectivity index (χ0v) is 13.5. The molecule has 0 bridgehead atoms. The van der Waals surface area contributed by atoms with Crippen LogP contribution in [0.1, 0.15) is 45.9 Å². The van der Waals surface area contributed by atoms with Gasteiger partial charge < -0.3 is 15.3 Å². The van der Waals surface area contributed by atoms with Gasteiger partial charge in [-0.1, -0.05) is 13.8 Å². The lowest BCUT2D eigenvalue weighted by Gasteiger charge is -2.34. The molecule has 0 saturated carbocycles. The highest BCUT2D eigenvalue weighted by Gasteiger charge is 2.23. The second-order valence-corrected chi connectivity index (χ2v) is 5.87. The van der Waals surface area contributed by atoms with Gasteiger partial charge in [0.05, 0.1) is 6.10 Å². The molecule has 1 aliphatic rings. The molecule has 1 aromatic heterocycles. The monoisotopic (exact) mass is 292 g/mol. The number of nitrogens with zero attached hydrogens (tertiary/aromatic N) is 3. The van der Waals surface area contributed by atoms with Gasteiger partial charge in [0, 0.05) is 32.1 Å². The Kier molecular flexibility index (Phi) is 5.79. The molecule has 118 valence electrons. The summed E-state index contributed by atoms with van der Waals surface area (Å²) in [5.41, 5.74) is 0. The van der Waals surface area contributed by atoms with E-state index < -0.39 is 0 Å². The second-order valence-electron chi connectivity index (χ2n) is 5.87. The molecular weight excluding hydrogens is 264 g/mol. The maximum Gasteiger partial charge on any atom is 0.134 e. The summed E-state index contributed by atoms with van der Waals surface area (Å²) in [7, 11) is 0. The molecule has 5 heteroatoms. The number of piperidine rings is 1. The molecule has 0 amide bonds. The predicted molar refractivity (Wildman–Crippen MR) is 86.8 cm³/mol. The highest BCUT2D eigenvalue weighted by molar-refractivity contribution is 5.49. The summed E-state index contributed by atoms with van der Waals surface area (Å²) < 4.78 is 0. The van der Waals surface area contributed by atoms with Gasteiger partial charge in [0.2, 0.25) is 0 Å². The van der Waals surface area contributed by atoms with Crippen LogP contribution in [0.15, 0.2) is 6.07 Å².